The Hall–Kier alpha value is -1.62. The molecule has 1 aromatic carbocycles. The Kier molecular flexibility index (Phi) is 7.69. The number of nitrogens with one attached hydrogen (secondary N) is 1. The van der Waals surface area contributed by atoms with Crippen molar-refractivity contribution in [3.05, 3.63) is 54.2 Å². The topological polar surface area (TPSA) is 31.4 Å². The van der Waals surface area contributed by atoms with E-state index in [2.05, 4.69) is 70.6 Å². The van der Waals surface area contributed by atoms with Gasteiger partial charge in [-0.3, -0.25) is 4.90 Å². The molecule has 3 rings (SSSR count). The lowest BCUT2D eigenvalue weighted by Gasteiger charge is -2.27. The van der Waals surface area contributed by atoms with Crippen LogP contribution in [0, 0.1) is 0 Å². The van der Waals surface area contributed by atoms with Crippen molar-refractivity contribution in [1.82, 2.24) is 15.2 Å². The Morgan fingerprint density at radius 1 is 1.04 bits per heavy atom. The number of benzene rings is 1. The van der Waals surface area contributed by atoms with E-state index in [1.54, 1.807) is 0 Å². The number of aromatic nitrogens is 1. The van der Waals surface area contributed by atoms with Gasteiger partial charge in [-0.25, -0.2) is 4.98 Å². The van der Waals surface area contributed by atoms with E-state index in [-0.39, 0.29) is 12.4 Å². The minimum atomic E-state index is 0. The quantitative estimate of drug-likeness (QED) is 0.877. The Bertz CT molecular complexity index is 609. The van der Waals surface area contributed by atoms with Crippen LogP contribution < -0.4 is 10.2 Å². The normalized spacial score (nSPS) is 17.6. The minimum absolute atomic E-state index is 0. The highest BCUT2D eigenvalue weighted by Gasteiger charge is 2.17. The summed E-state index contributed by atoms with van der Waals surface area (Å²) in [5.74, 6) is 0.978. The van der Waals surface area contributed by atoms with Crippen LogP contribution in [0.1, 0.15) is 24.8 Å². The van der Waals surface area contributed by atoms with Gasteiger partial charge in [0.05, 0.1) is 0 Å². The average molecular weight is 361 g/mol. The van der Waals surface area contributed by atoms with Crippen LogP contribution >= 0.6 is 12.4 Å². The van der Waals surface area contributed by atoms with Gasteiger partial charge in [0.1, 0.15) is 5.82 Å². The van der Waals surface area contributed by atoms with Gasteiger partial charge in [-0.15, -0.1) is 12.4 Å². The van der Waals surface area contributed by atoms with Crippen molar-refractivity contribution >= 4 is 23.9 Å². The van der Waals surface area contributed by atoms with Gasteiger partial charge in [0.25, 0.3) is 0 Å². The fourth-order valence-corrected chi connectivity index (χ4v) is 3.35. The zero-order valence-electron chi connectivity index (χ0n) is 15.2. The maximum Gasteiger partial charge on any atom is 0.132 e. The SMILES string of the molecule is CN(c1ccccc1)c1ccc(CN(C)C2CCCNCC2)cn1.Cl. The van der Waals surface area contributed by atoms with E-state index >= 15 is 0 Å². The second-order valence-electron chi connectivity index (χ2n) is 6.67. The molecule has 1 atom stereocenters. The number of anilines is 2. The highest BCUT2D eigenvalue weighted by Crippen LogP contribution is 2.21. The lowest BCUT2D eigenvalue weighted by molar-refractivity contribution is 0.216. The van der Waals surface area contributed by atoms with Crippen molar-refractivity contribution in [3.8, 4) is 0 Å². The summed E-state index contributed by atoms with van der Waals surface area (Å²) in [7, 11) is 4.29. The molecule has 2 heterocycles. The van der Waals surface area contributed by atoms with Gasteiger partial charge in [-0.05, 0) is 63.2 Å². The van der Waals surface area contributed by atoms with Crippen LogP contribution in [-0.2, 0) is 6.54 Å². The molecule has 0 bridgehead atoms. The Morgan fingerprint density at radius 2 is 1.84 bits per heavy atom. The summed E-state index contributed by atoms with van der Waals surface area (Å²) in [6.45, 7) is 3.26. The monoisotopic (exact) mass is 360 g/mol. The molecule has 1 aromatic heterocycles. The standard InChI is InChI=1S/C20H28N4.ClH/c1-23(18-9-6-13-21-14-12-18)16-17-10-11-20(22-15-17)24(2)19-7-4-3-5-8-19;/h3-5,7-8,10-11,15,18,21H,6,9,12-14,16H2,1-2H3;1H. The first kappa shape index (κ1) is 19.7. The van der Waals surface area contributed by atoms with Gasteiger partial charge in [-0.2, -0.15) is 0 Å². The molecule has 1 fully saturated rings. The summed E-state index contributed by atoms with van der Waals surface area (Å²) in [5.41, 5.74) is 2.43. The number of pyridine rings is 1. The highest BCUT2D eigenvalue weighted by molar-refractivity contribution is 5.85. The van der Waals surface area contributed by atoms with Gasteiger partial charge in [0.2, 0.25) is 0 Å². The number of hydrogen-bond donors (Lipinski definition) is 1. The lowest BCUT2D eigenvalue weighted by Crippen LogP contribution is -2.32. The first-order chi connectivity index (χ1) is 11.7. The molecule has 4 nitrogen and oxygen atoms in total. The van der Waals surface area contributed by atoms with Crippen LogP contribution in [0.3, 0.4) is 0 Å². The van der Waals surface area contributed by atoms with Crippen LogP contribution in [0.25, 0.3) is 0 Å². The largest absolute Gasteiger partial charge is 0.329 e. The number of halogens is 1. The molecule has 0 amide bonds. The van der Waals surface area contributed by atoms with Crippen LogP contribution in [0.5, 0.6) is 0 Å². The van der Waals surface area contributed by atoms with E-state index in [0.717, 1.165) is 31.1 Å². The van der Waals surface area contributed by atoms with Crippen molar-refractivity contribution < 1.29 is 0 Å². The molecule has 0 aliphatic carbocycles. The predicted molar refractivity (Wildman–Crippen MR) is 108 cm³/mol. The predicted octanol–water partition coefficient (Wildman–Crippen LogP) is 3.85. The van der Waals surface area contributed by atoms with Gasteiger partial charge in [0.15, 0.2) is 0 Å². The molecular weight excluding hydrogens is 332 g/mol. The maximum absolute atomic E-state index is 4.66. The van der Waals surface area contributed by atoms with E-state index < -0.39 is 0 Å². The number of nitrogens with zero attached hydrogens (tertiary/aromatic N) is 3. The number of hydrogen-bond acceptors (Lipinski definition) is 4. The zero-order chi connectivity index (χ0) is 16.8. The van der Waals surface area contributed by atoms with Crippen molar-refractivity contribution in [1.29, 1.82) is 0 Å². The molecule has 1 saturated heterocycles. The van der Waals surface area contributed by atoms with Crippen molar-refractivity contribution in [3.63, 3.8) is 0 Å². The first-order valence-electron chi connectivity index (χ1n) is 8.89. The molecule has 5 heteroatoms. The van der Waals surface area contributed by atoms with Crippen LogP contribution in [-0.4, -0.2) is 43.1 Å². The third kappa shape index (κ3) is 5.43. The van der Waals surface area contributed by atoms with E-state index in [4.69, 9.17) is 0 Å². The fourth-order valence-electron chi connectivity index (χ4n) is 3.35. The molecule has 1 N–H and O–H groups in total. The highest BCUT2D eigenvalue weighted by atomic mass is 35.5. The molecule has 2 aromatic rings. The van der Waals surface area contributed by atoms with E-state index in [1.807, 2.05) is 12.3 Å². The Balaban J connectivity index is 0.00000225. The number of rotatable bonds is 5. The van der Waals surface area contributed by atoms with E-state index in [1.165, 1.54) is 24.8 Å². The molecule has 0 radical (unpaired) electrons. The van der Waals surface area contributed by atoms with E-state index in [0.29, 0.717) is 6.04 Å². The van der Waals surface area contributed by atoms with Gasteiger partial charge in [-0.1, -0.05) is 24.3 Å². The summed E-state index contributed by atoms with van der Waals surface area (Å²) in [5, 5.41) is 3.49. The summed E-state index contributed by atoms with van der Waals surface area (Å²) in [6, 6.07) is 15.3. The van der Waals surface area contributed by atoms with Gasteiger partial charge in [0, 0.05) is 31.5 Å². The molecule has 1 unspecified atom stereocenters. The second-order valence-corrected chi connectivity index (χ2v) is 6.67. The summed E-state index contributed by atoms with van der Waals surface area (Å²) in [4.78, 5) is 9.25. The molecule has 1 aliphatic rings. The van der Waals surface area contributed by atoms with Crippen LogP contribution in [0.2, 0.25) is 0 Å². The molecule has 1 aliphatic heterocycles. The van der Waals surface area contributed by atoms with Crippen LogP contribution in [0.4, 0.5) is 11.5 Å². The average Bonchev–Trinajstić information content (AvgIpc) is 2.92. The molecular formula is C20H29ClN4. The summed E-state index contributed by atoms with van der Waals surface area (Å²) < 4.78 is 0. The Morgan fingerprint density at radius 3 is 2.56 bits per heavy atom. The molecule has 25 heavy (non-hydrogen) atoms. The summed E-state index contributed by atoms with van der Waals surface area (Å²) in [6.07, 6.45) is 5.80. The molecule has 0 spiro atoms. The zero-order valence-corrected chi connectivity index (χ0v) is 16.0. The second kappa shape index (κ2) is 9.76. The van der Waals surface area contributed by atoms with Crippen molar-refractivity contribution in [2.24, 2.45) is 0 Å². The number of para-hydroxylation sites is 1. The van der Waals surface area contributed by atoms with Gasteiger partial charge >= 0.3 is 0 Å². The minimum Gasteiger partial charge on any atom is -0.329 e. The third-order valence-corrected chi connectivity index (χ3v) is 4.90. The van der Waals surface area contributed by atoms with Crippen LogP contribution in [0.15, 0.2) is 48.7 Å². The lowest BCUT2D eigenvalue weighted by atomic mass is 10.1. The Labute approximate surface area is 157 Å². The van der Waals surface area contributed by atoms with E-state index in [9.17, 15) is 0 Å². The molecule has 0 saturated carbocycles. The summed E-state index contributed by atoms with van der Waals surface area (Å²) >= 11 is 0. The third-order valence-electron chi connectivity index (χ3n) is 4.90. The van der Waals surface area contributed by atoms with Crippen molar-refractivity contribution in [2.45, 2.75) is 31.8 Å². The first-order valence-corrected chi connectivity index (χ1v) is 8.89. The molecule has 136 valence electrons. The fraction of sp³-hybridized carbons (Fsp3) is 0.450. The maximum atomic E-state index is 4.66. The van der Waals surface area contributed by atoms with Crippen molar-refractivity contribution in [2.75, 3.05) is 32.1 Å². The smallest absolute Gasteiger partial charge is 0.132 e. The van der Waals surface area contributed by atoms with Gasteiger partial charge < -0.3 is 10.2 Å².